The zero-order valence-electron chi connectivity index (χ0n) is 8.08. The Morgan fingerprint density at radius 2 is 2.64 bits per heavy atom. The number of thiophene rings is 1. The van der Waals surface area contributed by atoms with Crippen molar-refractivity contribution in [2.75, 3.05) is 13.2 Å². The molecule has 4 heteroatoms. The lowest BCUT2D eigenvalue weighted by atomic mass is 10.0. The largest absolute Gasteiger partial charge is 0.465 e. The fourth-order valence-electron chi connectivity index (χ4n) is 1.69. The summed E-state index contributed by atoms with van der Waals surface area (Å²) < 4.78 is 5.01. The standard InChI is InChI=1S/C10H13NO2S/c1-2-13-10(12)9-7-4-6-14-8(7)3-5-11-9/h4,6,9,11H,2-3,5H2,1H3. The van der Waals surface area contributed by atoms with Crippen LogP contribution in [-0.4, -0.2) is 19.1 Å². The van der Waals surface area contributed by atoms with E-state index >= 15 is 0 Å². The van der Waals surface area contributed by atoms with Crippen LogP contribution in [0, 0.1) is 0 Å². The number of esters is 1. The Balaban J connectivity index is 2.19. The fourth-order valence-corrected chi connectivity index (χ4v) is 2.61. The Bertz CT molecular complexity index is 335. The Kier molecular flexibility index (Phi) is 2.84. The molecule has 14 heavy (non-hydrogen) atoms. The monoisotopic (exact) mass is 211 g/mol. The van der Waals surface area contributed by atoms with Crippen LogP contribution in [0.5, 0.6) is 0 Å². The highest BCUT2D eigenvalue weighted by Gasteiger charge is 2.27. The van der Waals surface area contributed by atoms with Crippen LogP contribution >= 0.6 is 11.3 Å². The Morgan fingerprint density at radius 3 is 3.43 bits per heavy atom. The third-order valence-corrected chi connectivity index (χ3v) is 3.31. The molecule has 2 heterocycles. The first-order valence-electron chi connectivity index (χ1n) is 4.79. The van der Waals surface area contributed by atoms with Gasteiger partial charge in [0.05, 0.1) is 6.61 Å². The van der Waals surface area contributed by atoms with Gasteiger partial charge in [0.15, 0.2) is 0 Å². The van der Waals surface area contributed by atoms with Crippen molar-refractivity contribution in [3.8, 4) is 0 Å². The molecule has 1 aromatic heterocycles. The van der Waals surface area contributed by atoms with Crippen LogP contribution in [-0.2, 0) is 16.0 Å². The van der Waals surface area contributed by atoms with Gasteiger partial charge >= 0.3 is 5.97 Å². The topological polar surface area (TPSA) is 38.3 Å². The van der Waals surface area contributed by atoms with E-state index in [0.717, 1.165) is 18.5 Å². The first kappa shape index (κ1) is 9.68. The first-order chi connectivity index (χ1) is 6.83. The second-order valence-corrected chi connectivity index (χ2v) is 4.19. The van der Waals surface area contributed by atoms with Crippen molar-refractivity contribution >= 4 is 17.3 Å². The van der Waals surface area contributed by atoms with Crippen LogP contribution in [0.15, 0.2) is 11.4 Å². The highest BCUT2D eigenvalue weighted by atomic mass is 32.1. The van der Waals surface area contributed by atoms with E-state index in [1.165, 1.54) is 4.88 Å². The Hall–Kier alpha value is -0.870. The van der Waals surface area contributed by atoms with Crippen molar-refractivity contribution in [1.29, 1.82) is 0 Å². The molecule has 0 saturated carbocycles. The number of hydrogen-bond acceptors (Lipinski definition) is 4. The van der Waals surface area contributed by atoms with Gasteiger partial charge in [-0.2, -0.15) is 0 Å². The molecule has 1 aliphatic rings. The molecule has 0 spiro atoms. The smallest absolute Gasteiger partial charge is 0.327 e. The highest BCUT2D eigenvalue weighted by molar-refractivity contribution is 7.10. The van der Waals surface area contributed by atoms with Crippen molar-refractivity contribution < 1.29 is 9.53 Å². The molecule has 2 rings (SSSR count). The van der Waals surface area contributed by atoms with Crippen molar-refractivity contribution in [1.82, 2.24) is 5.32 Å². The maximum atomic E-state index is 11.6. The van der Waals surface area contributed by atoms with E-state index < -0.39 is 0 Å². The summed E-state index contributed by atoms with van der Waals surface area (Å²) in [6.07, 6.45) is 1.02. The molecular formula is C10H13NO2S. The molecule has 3 nitrogen and oxygen atoms in total. The molecule has 0 aliphatic carbocycles. The predicted molar refractivity (Wildman–Crippen MR) is 55.4 cm³/mol. The lowest BCUT2D eigenvalue weighted by Crippen LogP contribution is -2.35. The molecule has 1 unspecified atom stereocenters. The number of carbonyl (C=O) groups is 1. The SMILES string of the molecule is CCOC(=O)C1NCCc2sccc21. The van der Waals surface area contributed by atoms with Crippen LogP contribution in [0.2, 0.25) is 0 Å². The van der Waals surface area contributed by atoms with Crippen LogP contribution in [0.25, 0.3) is 0 Å². The second kappa shape index (κ2) is 4.11. The molecule has 1 N–H and O–H groups in total. The zero-order chi connectivity index (χ0) is 9.97. The van der Waals surface area contributed by atoms with Crippen molar-refractivity contribution in [3.05, 3.63) is 21.9 Å². The molecular weight excluding hydrogens is 198 g/mol. The quantitative estimate of drug-likeness (QED) is 0.753. The number of fused-ring (bicyclic) bond motifs is 1. The van der Waals surface area contributed by atoms with E-state index in [1.54, 1.807) is 11.3 Å². The molecule has 0 amide bonds. The minimum Gasteiger partial charge on any atom is -0.465 e. The summed E-state index contributed by atoms with van der Waals surface area (Å²) in [5.74, 6) is -0.160. The summed E-state index contributed by atoms with van der Waals surface area (Å²) in [7, 11) is 0. The molecule has 76 valence electrons. The number of nitrogens with one attached hydrogen (secondary N) is 1. The highest BCUT2D eigenvalue weighted by Crippen LogP contribution is 2.28. The van der Waals surface area contributed by atoms with Gasteiger partial charge in [-0.3, -0.25) is 0 Å². The lowest BCUT2D eigenvalue weighted by Gasteiger charge is -2.22. The molecule has 0 bridgehead atoms. The number of rotatable bonds is 2. The van der Waals surface area contributed by atoms with Gasteiger partial charge in [-0.05, 0) is 30.4 Å². The van der Waals surface area contributed by atoms with Gasteiger partial charge < -0.3 is 10.1 Å². The van der Waals surface area contributed by atoms with Gasteiger partial charge in [0, 0.05) is 11.4 Å². The summed E-state index contributed by atoms with van der Waals surface area (Å²) in [6.45, 7) is 3.13. The van der Waals surface area contributed by atoms with E-state index in [0.29, 0.717) is 6.61 Å². The van der Waals surface area contributed by atoms with Crippen molar-refractivity contribution in [2.45, 2.75) is 19.4 Å². The predicted octanol–water partition coefficient (Wildman–Crippen LogP) is 1.50. The Morgan fingerprint density at radius 1 is 1.79 bits per heavy atom. The molecule has 0 saturated heterocycles. The third kappa shape index (κ3) is 1.67. The zero-order valence-corrected chi connectivity index (χ0v) is 8.89. The van der Waals surface area contributed by atoms with E-state index in [-0.39, 0.29) is 12.0 Å². The van der Waals surface area contributed by atoms with E-state index in [2.05, 4.69) is 5.32 Å². The molecule has 0 radical (unpaired) electrons. The normalized spacial score (nSPS) is 20.2. The van der Waals surface area contributed by atoms with Gasteiger partial charge in [-0.1, -0.05) is 0 Å². The minimum absolute atomic E-state index is 0.160. The molecule has 1 atom stereocenters. The van der Waals surface area contributed by atoms with Crippen molar-refractivity contribution in [3.63, 3.8) is 0 Å². The second-order valence-electron chi connectivity index (χ2n) is 3.19. The summed E-state index contributed by atoms with van der Waals surface area (Å²) in [5.41, 5.74) is 1.10. The Labute approximate surface area is 87.1 Å². The summed E-state index contributed by atoms with van der Waals surface area (Å²) >= 11 is 1.72. The van der Waals surface area contributed by atoms with Gasteiger partial charge in [0.1, 0.15) is 6.04 Å². The summed E-state index contributed by atoms with van der Waals surface area (Å²) in [4.78, 5) is 12.9. The maximum Gasteiger partial charge on any atom is 0.327 e. The van der Waals surface area contributed by atoms with Crippen LogP contribution in [0.1, 0.15) is 23.4 Å². The number of hydrogen-bond donors (Lipinski definition) is 1. The van der Waals surface area contributed by atoms with Gasteiger partial charge in [-0.25, -0.2) is 4.79 Å². The third-order valence-electron chi connectivity index (χ3n) is 2.31. The number of ether oxygens (including phenoxy) is 1. The molecule has 0 aromatic carbocycles. The number of carbonyl (C=O) groups excluding carboxylic acids is 1. The lowest BCUT2D eigenvalue weighted by molar-refractivity contribution is -0.146. The van der Waals surface area contributed by atoms with Gasteiger partial charge in [-0.15, -0.1) is 11.3 Å². The fraction of sp³-hybridized carbons (Fsp3) is 0.500. The maximum absolute atomic E-state index is 11.6. The average Bonchev–Trinajstić information content (AvgIpc) is 2.65. The minimum atomic E-state index is -0.245. The molecule has 1 aliphatic heterocycles. The molecule has 1 aromatic rings. The van der Waals surface area contributed by atoms with E-state index in [4.69, 9.17) is 4.74 Å². The summed E-state index contributed by atoms with van der Waals surface area (Å²) in [6, 6.07) is 1.76. The van der Waals surface area contributed by atoms with Crippen LogP contribution < -0.4 is 5.32 Å². The summed E-state index contributed by atoms with van der Waals surface area (Å²) in [5, 5.41) is 5.21. The van der Waals surface area contributed by atoms with Crippen molar-refractivity contribution in [2.24, 2.45) is 0 Å². The van der Waals surface area contributed by atoms with Crippen LogP contribution in [0.4, 0.5) is 0 Å². The first-order valence-corrected chi connectivity index (χ1v) is 5.67. The van der Waals surface area contributed by atoms with Gasteiger partial charge in [0.2, 0.25) is 0 Å². The average molecular weight is 211 g/mol. The van der Waals surface area contributed by atoms with E-state index in [9.17, 15) is 4.79 Å². The van der Waals surface area contributed by atoms with Gasteiger partial charge in [0.25, 0.3) is 0 Å². The van der Waals surface area contributed by atoms with E-state index in [1.807, 2.05) is 18.4 Å². The van der Waals surface area contributed by atoms with Crippen LogP contribution in [0.3, 0.4) is 0 Å². The molecule has 0 fully saturated rings.